The molecule has 0 fully saturated rings. The van der Waals surface area contributed by atoms with Gasteiger partial charge in [-0.05, 0) is 12.1 Å². The number of halogens is 5. The SMILES string of the molecule is N#CC(NCC(F)(F)F)c1ccc(Br)cc1Cl. The van der Waals surface area contributed by atoms with Crippen molar-refractivity contribution in [3.05, 3.63) is 33.3 Å². The van der Waals surface area contributed by atoms with Crippen molar-refractivity contribution in [3.8, 4) is 6.07 Å². The van der Waals surface area contributed by atoms with E-state index < -0.39 is 18.8 Å². The molecule has 0 aliphatic rings. The van der Waals surface area contributed by atoms with Gasteiger partial charge in [0, 0.05) is 15.1 Å². The van der Waals surface area contributed by atoms with Crippen molar-refractivity contribution in [3.63, 3.8) is 0 Å². The minimum absolute atomic E-state index is 0.237. The van der Waals surface area contributed by atoms with Crippen LogP contribution in [0.5, 0.6) is 0 Å². The Kier molecular flexibility index (Phi) is 4.80. The van der Waals surface area contributed by atoms with Crippen molar-refractivity contribution in [2.75, 3.05) is 6.54 Å². The molecule has 92 valence electrons. The van der Waals surface area contributed by atoms with E-state index in [1.165, 1.54) is 12.1 Å². The van der Waals surface area contributed by atoms with Gasteiger partial charge in [-0.15, -0.1) is 0 Å². The second-order valence-electron chi connectivity index (χ2n) is 3.22. The summed E-state index contributed by atoms with van der Waals surface area (Å²) in [6.45, 7) is -1.24. The maximum atomic E-state index is 12.0. The van der Waals surface area contributed by atoms with Gasteiger partial charge in [-0.3, -0.25) is 5.32 Å². The van der Waals surface area contributed by atoms with Crippen molar-refractivity contribution in [2.24, 2.45) is 0 Å². The highest BCUT2D eigenvalue weighted by Gasteiger charge is 2.28. The summed E-state index contributed by atoms with van der Waals surface area (Å²) in [4.78, 5) is 0. The van der Waals surface area contributed by atoms with Gasteiger partial charge in [0.25, 0.3) is 0 Å². The standard InChI is InChI=1S/C10H7BrClF3N2/c11-6-1-2-7(8(12)3-6)9(4-16)17-5-10(13,14)15/h1-3,9,17H,5H2. The Hall–Kier alpha value is -0.770. The normalized spacial score (nSPS) is 13.2. The molecule has 0 spiro atoms. The lowest BCUT2D eigenvalue weighted by Crippen LogP contribution is -2.31. The average molecular weight is 328 g/mol. The molecule has 0 saturated heterocycles. The van der Waals surface area contributed by atoms with Gasteiger partial charge in [-0.1, -0.05) is 33.6 Å². The van der Waals surface area contributed by atoms with E-state index in [-0.39, 0.29) is 5.02 Å². The Morgan fingerprint density at radius 3 is 2.59 bits per heavy atom. The fourth-order valence-electron chi connectivity index (χ4n) is 1.18. The van der Waals surface area contributed by atoms with Crippen LogP contribution < -0.4 is 5.32 Å². The van der Waals surface area contributed by atoms with Crippen LogP contribution in [0, 0.1) is 11.3 Å². The van der Waals surface area contributed by atoms with Crippen LogP contribution in [0.3, 0.4) is 0 Å². The van der Waals surface area contributed by atoms with E-state index in [0.29, 0.717) is 10.0 Å². The van der Waals surface area contributed by atoms with Crippen molar-refractivity contribution < 1.29 is 13.2 Å². The fourth-order valence-corrected chi connectivity index (χ4v) is 1.96. The zero-order valence-electron chi connectivity index (χ0n) is 8.35. The molecule has 1 aromatic rings. The summed E-state index contributed by atoms with van der Waals surface area (Å²) >= 11 is 9.02. The number of rotatable bonds is 3. The first-order chi connectivity index (χ1) is 7.83. The smallest absolute Gasteiger partial charge is 0.290 e. The highest BCUT2D eigenvalue weighted by Crippen LogP contribution is 2.27. The molecule has 0 aromatic heterocycles. The molecule has 1 atom stereocenters. The van der Waals surface area contributed by atoms with Crippen LogP contribution in [0.15, 0.2) is 22.7 Å². The molecular weight excluding hydrogens is 320 g/mol. The minimum Gasteiger partial charge on any atom is -0.290 e. The van der Waals surface area contributed by atoms with Crippen LogP contribution in [0.2, 0.25) is 5.02 Å². The zero-order valence-corrected chi connectivity index (χ0v) is 10.7. The molecule has 0 radical (unpaired) electrons. The summed E-state index contributed by atoms with van der Waals surface area (Å²) in [5, 5.41) is 11.2. The predicted molar refractivity (Wildman–Crippen MR) is 61.6 cm³/mol. The average Bonchev–Trinajstić information content (AvgIpc) is 2.19. The molecule has 0 saturated carbocycles. The zero-order chi connectivity index (χ0) is 13.1. The lowest BCUT2D eigenvalue weighted by molar-refractivity contribution is -0.125. The van der Waals surface area contributed by atoms with Crippen LogP contribution in [0.4, 0.5) is 13.2 Å². The van der Waals surface area contributed by atoms with Gasteiger partial charge in [0.1, 0.15) is 6.04 Å². The third-order valence-corrected chi connectivity index (χ3v) is 2.73. The lowest BCUT2D eigenvalue weighted by Gasteiger charge is -2.15. The summed E-state index contributed by atoms with van der Waals surface area (Å²) in [7, 11) is 0. The fraction of sp³-hybridized carbons (Fsp3) is 0.300. The van der Waals surface area contributed by atoms with Crippen molar-refractivity contribution in [2.45, 2.75) is 12.2 Å². The monoisotopic (exact) mass is 326 g/mol. The number of benzene rings is 1. The molecule has 1 aromatic carbocycles. The third-order valence-electron chi connectivity index (χ3n) is 1.91. The maximum Gasteiger partial charge on any atom is 0.401 e. The van der Waals surface area contributed by atoms with Crippen molar-refractivity contribution in [1.29, 1.82) is 5.26 Å². The largest absolute Gasteiger partial charge is 0.401 e. The molecule has 2 nitrogen and oxygen atoms in total. The maximum absolute atomic E-state index is 12.0. The van der Waals surface area contributed by atoms with E-state index in [1.54, 1.807) is 12.1 Å². The molecule has 1 rings (SSSR count). The van der Waals surface area contributed by atoms with Gasteiger partial charge in [0.2, 0.25) is 0 Å². The Labute approximate surface area is 110 Å². The summed E-state index contributed by atoms with van der Waals surface area (Å²) in [6, 6.07) is 5.29. The first-order valence-electron chi connectivity index (χ1n) is 4.48. The number of nitriles is 1. The van der Waals surface area contributed by atoms with Crippen molar-refractivity contribution in [1.82, 2.24) is 5.32 Å². The second-order valence-corrected chi connectivity index (χ2v) is 4.55. The van der Waals surface area contributed by atoms with E-state index in [9.17, 15) is 13.2 Å². The third kappa shape index (κ3) is 4.54. The van der Waals surface area contributed by atoms with E-state index >= 15 is 0 Å². The molecule has 17 heavy (non-hydrogen) atoms. The number of hydrogen-bond donors (Lipinski definition) is 1. The predicted octanol–water partition coefficient (Wildman–Crippen LogP) is 3.82. The van der Waals surface area contributed by atoms with Gasteiger partial charge >= 0.3 is 6.18 Å². The van der Waals surface area contributed by atoms with Crippen molar-refractivity contribution >= 4 is 27.5 Å². The Bertz CT molecular complexity index is 442. The van der Waals surface area contributed by atoms with Crippen LogP contribution >= 0.6 is 27.5 Å². The highest BCUT2D eigenvalue weighted by atomic mass is 79.9. The summed E-state index contributed by atoms with van der Waals surface area (Å²) in [6.07, 6.45) is -4.36. The van der Waals surface area contributed by atoms with E-state index in [2.05, 4.69) is 21.2 Å². The van der Waals surface area contributed by atoms with Crippen LogP contribution in [0.25, 0.3) is 0 Å². The molecule has 0 aliphatic carbocycles. The highest BCUT2D eigenvalue weighted by molar-refractivity contribution is 9.10. The van der Waals surface area contributed by atoms with Gasteiger partial charge in [0.15, 0.2) is 0 Å². The first-order valence-corrected chi connectivity index (χ1v) is 5.65. The minimum atomic E-state index is -4.36. The molecule has 0 bridgehead atoms. The quantitative estimate of drug-likeness (QED) is 0.916. The van der Waals surface area contributed by atoms with Crippen LogP contribution in [-0.2, 0) is 0 Å². The molecule has 0 heterocycles. The summed E-state index contributed by atoms with van der Waals surface area (Å²) < 4.78 is 36.8. The number of alkyl halides is 3. The first kappa shape index (κ1) is 14.3. The van der Waals surface area contributed by atoms with E-state index in [0.717, 1.165) is 0 Å². The van der Waals surface area contributed by atoms with Gasteiger partial charge < -0.3 is 0 Å². The van der Waals surface area contributed by atoms with Gasteiger partial charge in [-0.25, -0.2) is 0 Å². The lowest BCUT2D eigenvalue weighted by atomic mass is 10.1. The number of nitrogens with one attached hydrogen (secondary N) is 1. The van der Waals surface area contributed by atoms with Gasteiger partial charge in [0.05, 0.1) is 12.6 Å². The Balaban J connectivity index is 2.84. The summed E-state index contributed by atoms with van der Waals surface area (Å²) in [5.41, 5.74) is 0.321. The molecule has 7 heteroatoms. The van der Waals surface area contributed by atoms with Crippen LogP contribution in [-0.4, -0.2) is 12.7 Å². The van der Waals surface area contributed by atoms with E-state index in [1.807, 2.05) is 0 Å². The topological polar surface area (TPSA) is 35.8 Å². The van der Waals surface area contributed by atoms with Crippen LogP contribution in [0.1, 0.15) is 11.6 Å². The summed E-state index contributed by atoms with van der Waals surface area (Å²) in [5.74, 6) is 0. The second kappa shape index (κ2) is 5.71. The van der Waals surface area contributed by atoms with E-state index in [4.69, 9.17) is 16.9 Å². The molecule has 0 aliphatic heterocycles. The molecule has 0 amide bonds. The molecular formula is C10H7BrClF3N2. The molecule has 1 unspecified atom stereocenters. The number of hydrogen-bond acceptors (Lipinski definition) is 2. The number of nitrogens with zero attached hydrogens (tertiary/aromatic N) is 1. The molecule has 1 N–H and O–H groups in total. The Morgan fingerprint density at radius 1 is 1.47 bits per heavy atom. The Morgan fingerprint density at radius 2 is 2.12 bits per heavy atom. The van der Waals surface area contributed by atoms with Gasteiger partial charge in [-0.2, -0.15) is 18.4 Å².